The van der Waals surface area contributed by atoms with Gasteiger partial charge in [-0.05, 0) is 178 Å². The van der Waals surface area contributed by atoms with Gasteiger partial charge in [-0.25, -0.2) is 0 Å². The topological polar surface area (TPSA) is 0 Å². The van der Waals surface area contributed by atoms with Crippen LogP contribution in [0.4, 0.5) is 0 Å². The van der Waals surface area contributed by atoms with Crippen molar-refractivity contribution < 1.29 is 0 Å². The van der Waals surface area contributed by atoms with Crippen molar-refractivity contribution in [1.82, 2.24) is 0 Å². The fraction of sp³-hybridized carbons (Fsp3) is 0.267. The maximum atomic E-state index is 3.70. The van der Waals surface area contributed by atoms with Crippen LogP contribution >= 0.6 is 111 Å². The van der Waals surface area contributed by atoms with E-state index in [0.29, 0.717) is 0 Å². The zero-order valence-electron chi connectivity index (χ0n) is 44.4. The molecular weight excluding hydrogens is 1190 g/mol. The number of fused-ring (bicyclic) bond motifs is 5. The maximum Gasteiger partial charge on any atom is 0.116 e. The molecule has 12 heteroatoms. The molecule has 72 heavy (non-hydrogen) atoms. The van der Waals surface area contributed by atoms with Crippen LogP contribution in [-0.2, 0) is 0 Å². The summed E-state index contributed by atoms with van der Waals surface area (Å²) in [5, 5.41) is 10.8. The van der Waals surface area contributed by atoms with Gasteiger partial charge in [0.15, 0.2) is 0 Å². The standard InChI is InChI=1S/C24H24S3Si.C14H14S2.2C11H13BrSSi/c1-13-11-18(15(3)25-13)21-22-24(17-9-7-8-10-20(17)27-22)28(5,6)23(21)19-12-14(2)26-16(19)4;1-9-7-13(11(3)15-9)5-6-14-8-10(2)16-12(14)4;2*1-14(2,3)10-8-6-4-5-7-9(8)13-11(10)12/h7-12H,1-6H3;7-8H,1-4H3;2*4-7H,1-3H3. The van der Waals surface area contributed by atoms with E-state index in [1.807, 2.05) is 79.4 Å². The largest absolute Gasteiger partial charge is 0.145 e. The third kappa shape index (κ3) is 11.6. The molecule has 0 unspecified atom stereocenters. The quantitative estimate of drug-likeness (QED) is 0.122. The van der Waals surface area contributed by atoms with Crippen molar-refractivity contribution in [2.45, 2.75) is 108 Å². The van der Waals surface area contributed by atoms with Crippen molar-refractivity contribution in [3.05, 3.63) is 171 Å². The number of aryl methyl sites for hydroxylation is 8. The lowest BCUT2D eigenvalue weighted by atomic mass is 10.0. The van der Waals surface area contributed by atoms with E-state index in [9.17, 15) is 0 Å². The van der Waals surface area contributed by atoms with Crippen molar-refractivity contribution in [3.8, 4) is 11.8 Å². The van der Waals surface area contributed by atoms with Crippen LogP contribution in [0, 0.1) is 67.2 Å². The van der Waals surface area contributed by atoms with E-state index in [1.54, 1.807) is 20.8 Å². The van der Waals surface area contributed by atoms with Crippen LogP contribution < -0.4 is 15.6 Å². The Morgan fingerprint density at radius 3 is 1.17 bits per heavy atom. The lowest BCUT2D eigenvalue weighted by Crippen LogP contribution is -2.40. The van der Waals surface area contributed by atoms with Gasteiger partial charge < -0.3 is 0 Å². The first-order valence-corrected chi connectivity index (χ1v) is 41.6. The first-order valence-electron chi connectivity index (χ1n) is 24.3. The molecular formula is C60H64Br2S7Si3. The highest BCUT2D eigenvalue weighted by Gasteiger charge is 2.44. The molecule has 0 saturated carbocycles. The van der Waals surface area contributed by atoms with Gasteiger partial charge in [0.05, 0.1) is 23.7 Å². The van der Waals surface area contributed by atoms with Crippen LogP contribution in [0.2, 0.25) is 52.4 Å². The molecule has 0 fully saturated rings. The molecule has 7 aromatic heterocycles. The van der Waals surface area contributed by atoms with Crippen LogP contribution in [0.5, 0.6) is 0 Å². The Labute approximate surface area is 477 Å². The van der Waals surface area contributed by atoms with E-state index < -0.39 is 24.2 Å². The molecule has 10 aromatic rings. The third-order valence-electron chi connectivity index (χ3n) is 13.0. The molecule has 0 nitrogen and oxygen atoms in total. The zero-order chi connectivity index (χ0) is 52.2. The van der Waals surface area contributed by atoms with E-state index in [1.165, 1.54) is 110 Å². The number of halogens is 2. The normalized spacial score (nSPS) is 13.1. The Bertz CT molecular complexity index is 3580. The van der Waals surface area contributed by atoms with Crippen molar-refractivity contribution in [2.24, 2.45) is 0 Å². The van der Waals surface area contributed by atoms with Gasteiger partial charge >= 0.3 is 0 Å². The van der Waals surface area contributed by atoms with Crippen LogP contribution in [0.15, 0.2) is 105 Å². The Hall–Kier alpha value is -2.75. The summed E-state index contributed by atoms with van der Waals surface area (Å²) in [5.74, 6) is 6.54. The highest BCUT2D eigenvalue weighted by atomic mass is 79.9. The highest BCUT2D eigenvalue weighted by Crippen LogP contribution is 2.51. The minimum Gasteiger partial charge on any atom is -0.145 e. The molecule has 0 radical (unpaired) electrons. The molecule has 1 aliphatic heterocycles. The molecule has 0 spiro atoms. The summed E-state index contributed by atoms with van der Waals surface area (Å²) >= 11 is 20.6. The summed E-state index contributed by atoms with van der Waals surface area (Å²) < 4.78 is 6.90. The minimum atomic E-state index is -1.82. The maximum absolute atomic E-state index is 3.70. The number of hydrogen-bond acceptors (Lipinski definition) is 7. The predicted octanol–water partition coefficient (Wildman–Crippen LogP) is 20.5. The second-order valence-electron chi connectivity index (χ2n) is 21.2. The van der Waals surface area contributed by atoms with E-state index in [4.69, 9.17) is 0 Å². The Morgan fingerprint density at radius 2 is 0.792 bits per heavy atom. The molecule has 0 saturated heterocycles. The number of rotatable bonds is 4. The van der Waals surface area contributed by atoms with Crippen molar-refractivity contribution in [1.29, 1.82) is 0 Å². The van der Waals surface area contributed by atoms with Gasteiger partial charge in [-0.15, -0.1) is 79.4 Å². The minimum absolute atomic E-state index is 1.17. The zero-order valence-corrected chi connectivity index (χ0v) is 56.2. The van der Waals surface area contributed by atoms with Crippen LogP contribution in [0.25, 0.3) is 41.0 Å². The molecule has 0 amide bonds. The second-order valence-corrected chi connectivity index (χ2v) is 47.1. The molecule has 1 aliphatic rings. The summed E-state index contributed by atoms with van der Waals surface area (Å²) in [6.45, 7) is 37.1. The van der Waals surface area contributed by atoms with Gasteiger partial charge in [0.2, 0.25) is 0 Å². The Balaban J connectivity index is 0.000000136. The van der Waals surface area contributed by atoms with Crippen LogP contribution in [0.3, 0.4) is 0 Å². The SMILES string of the molecule is C[Si](C)(C)c1c(Br)sc2ccccc12.C[Si](C)(C)c1c(Br)sc2ccccc12.Cc1cc(C#Cc2cc(C)sc2C)c(C)s1.Cc1cc(C2=C(c3cc(C)sc3C)[Si](C)(C)c3c2sc2ccccc32)c(C)s1. The fourth-order valence-electron chi connectivity index (χ4n) is 9.95. The lowest BCUT2D eigenvalue weighted by Gasteiger charge is -2.23. The monoisotopic (exact) mass is 1250 g/mol. The van der Waals surface area contributed by atoms with Crippen molar-refractivity contribution in [3.63, 3.8) is 0 Å². The van der Waals surface area contributed by atoms with E-state index >= 15 is 0 Å². The second kappa shape index (κ2) is 22.1. The van der Waals surface area contributed by atoms with E-state index in [-0.39, 0.29) is 0 Å². The third-order valence-corrected chi connectivity index (χ3v) is 30.5. The Kier molecular flexibility index (Phi) is 17.0. The fourth-order valence-corrected chi connectivity index (χ4v) is 31.8. The average molecular weight is 1250 g/mol. The summed E-state index contributed by atoms with van der Waals surface area (Å²) in [6, 6.07) is 35.6. The van der Waals surface area contributed by atoms with Crippen LogP contribution in [-0.4, -0.2) is 24.2 Å². The molecule has 372 valence electrons. The molecule has 11 rings (SSSR count). The highest BCUT2D eigenvalue weighted by molar-refractivity contribution is 9.11. The summed E-state index contributed by atoms with van der Waals surface area (Å²) in [5.41, 5.74) is 6.85. The van der Waals surface area contributed by atoms with E-state index in [2.05, 4.69) is 249 Å². The first kappa shape index (κ1) is 55.5. The molecule has 8 heterocycles. The molecule has 0 N–H and O–H groups in total. The van der Waals surface area contributed by atoms with Gasteiger partial charge in [-0.1, -0.05) is 119 Å². The average Bonchev–Trinajstić information content (AvgIpc) is 4.17. The van der Waals surface area contributed by atoms with Gasteiger partial charge in [-0.3, -0.25) is 0 Å². The van der Waals surface area contributed by atoms with Gasteiger partial charge in [-0.2, -0.15) is 0 Å². The van der Waals surface area contributed by atoms with Crippen molar-refractivity contribution in [2.75, 3.05) is 0 Å². The van der Waals surface area contributed by atoms with Crippen molar-refractivity contribution >= 4 is 192 Å². The summed E-state index contributed by atoms with van der Waals surface area (Å²) in [4.78, 5) is 12.6. The van der Waals surface area contributed by atoms with Gasteiger partial charge in [0, 0.05) is 74.7 Å². The smallest absolute Gasteiger partial charge is 0.116 e. The lowest BCUT2D eigenvalue weighted by molar-refractivity contribution is 1.53. The number of benzene rings is 3. The van der Waals surface area contributed by atoms with Gasteiger partial charge in [0.25, 0.3) is 0 Å². The molecule has 0 aliphatic carbocycles. The van der Waals surface area contributed by atoms with Crippen LogP contribution in [0.1, 0.15) is 66.1 Å². The summed E-state index contributed by atoms with van der Waals surface area (Å²) in [7, 11) is -4.27. The molecule has 3 aromatic carbocycles. The number of thiophene rings is 7. The Morgan fingerprint density at radius 1 is 0.431 bits per heavy atom. The predicted molar refractivity (Wildman–Crippen MR) is 351 cm³/mol. The van der Waals surface area contributed by atoms with Gasteiger partial charge in [0.1, 0.15) is 8.07 Å². The summed E-state index contributed by atoms with van der Waals surface area (Å²) in [6.07, 6.45) is 0. The molecule has 0 atom stereocenters. The first-order chi connectivity index (χ1) is 33.8. The van der Waals surface area contributed by atoms with E-state index in [0.717, 1.165) is 0 Å². The molecule has 0 bridgehead atoms. The number of hydrogen-bond donors (Lipinski definition) is 0.